The molecule has 3 nitrogen and oxygen atoms in total. The second-order valence-corrected chi connectivity index (χ2v) is 4.03. The van der Waals surface area contributed by atoms with Crippen molar-refractivity contribution in [2.75, 3.05) is 13.1 Å². The second-order valence-electron chi connectivity index (χ2n) is 4.03. The maximum atomic E-state index is 12.2. The van der Waals surface area contributed by atoms with Gasteiger partial charge in [0, 0.05) is 5.56 Å². The predicted molar refractivity (Wildman–Crippen MR) is 59.8 cm³/mol. The van der Waals surface area contributed by atoms with Gasteiger partial charge in [-0.15, -0.1) is 0 Å². The van der Waals surface area contributed by atoms with E-state index in [1.54, 1.807) is 0 Å². The fraction of sp³-hybridized carbons (Fsp3) is 0.417. The monoisotopic (exact) mass is 204 g/mol. The minimum absolute atomic E-state index is 0.114. The summed E-state index contributed by atoms with van der Waals surface area (Å²) >= 11 is 0. The number of benzene rings is 1. The van der Waals surface area contributed by atoms with Crippen LogP contribution in [0.5, 0.6) is 0 Å². The molecule has 80 valence electrons. The van der Waals surface area contributed by atoms with Crippen molar-refractivity contribution in [3.8, 4) is 0 Å². The molecule has 2 rings (SSSR count). The topological polar surface area (TPSA) is 41.1 Å². The Balaban J connectivity index is 2.20. The third-order valence-electron chi connectivity index (χ3n) is 2.80. The molecule has 1 heterocycles. The summed E-state index contributed by atoms with van der Waals surface area (Å²) in [5, 5.41) is 6.47. The Hall–Kier alpha value is -1.19. The van der Waals surface area contributed by atoms with Crippen LogP contribution in [0.3, 0.4) is 0 Å². The molecular formula is C12H16N2O. The molecule has 1 saturated heterocycles. The van der Waals surface area contributed by atoms with Gasteiger partial charge in [0.25, 0.3) is 0 Å². The Bertz CT molecular complexity index is 342. The van der Waals surface area contributed by atoms with Crippen molar-refractivity contribution in [1.29, 1.82) is 0 Å². The van der Waals surface area contributed by atoms with Crippen LogP contribution in [0, 0.1) is 0 Å². The molecule has 0 atom stereocenters. The van der Waals surface area contributed by atoms with E-state index >= 15 is 0 Å². The molecular weight excluding hydrogens is 188 g/mol. The molecule has 0 amide bonds. The van der Waals surface area contributed by atoms with Gasteiger partial charge in [-0.05, 0) is 26.4 Å². The number of nitrogens with one attached hydrogen (secondary N) is 2. The molecule has 2 N–H and O–H groups in total. The Labute approximate surface area is 89.9 Å². The summed E-state index contributed by atoms with van der Waals surface area (Å²) in [6.45, 7) is 3.69. The number of carbonyl (C=O) groups is 1. The van der Waals surface area contributed by atoms with Crippen LogP contribution in [0.1, 0.15) is 23.7 Å². The molecule has 3 heteroatoms. The first-order valence-electron chi connectivity index (χ1n) is 5.32. The lowest BCUT2D eigenvalue weighted by molar-refractivity contribution is 0.0804. The molecule has 0 aliphatic carbocycles. The van der Waals surface area contributed by atoms with Crippen molar-refractivity contribution >= 4 is 5.78 Å². The zero-order chi connectivity index (χ0) is 10.7. The Morgan fingerprint density at radius 1 is 1.20 bits per heavy atom. The summed E-state index contributed by atoms with van der Waals surface area (Å²) in [7, 11) is 0. The van der Waals surface area contributed by atoms with E-state index in [1.807, 2.05) is 37.3 Å². The first kappa shape index (κ1) is 10.3. The average Bonchev–Trinajstić information content (AvgIpc) is 2.30. The lowest BCUT2D eigenvalue weighted by atomic mass is 9.97. The van der Waals surface area contributed by atoms with Crippen molar-refractivity contribution in [2.24, 2.45) is 0 Å². The van der Waals surface area contributed by atoms with Gasteiger partial charge in [-0.25, -0.2) is 0 Å². The molecule has 1 aromatic carbocycles. The number of carbonyl (C=O) groups excluding carboxylic acids is 1. The van der Waals surface area contributed by atoms with E-state index in [2.05, 4.69) is 10.6 Å². The normalized spacial score (nSPS) is 19.8. The zero-order valence-electron chi connectivity index (χ0n) is 8.92. The van der Waals surface area contributed by atoms with Crippen molar-refractivity contribution in [3.63, 3.8) is 0 Å². The van der Waals surface area contributed by atoms with Crippen LogP contribution in [0.15, 0.2) is 30.3 Å². The standard InChI is InChI=1S/C12H16N2O/c1-12(13-8-5-9-14-12)11(15)10-6-3-2-4-7-10/h2-4,6-7,13-14H,5,8-9H2,1H3. The molecule has 1 aliphatic heterocycles. The van der Waals surface area contributed by atoms with Crippen molar-refractivity contribution in [2.45, 2.75) is 19.0 Å². The van der Waals surface area contributed by atoms with Crippen LogP contribution in [-0.2, 0) is 0 Å². The zero-order valence-corrected chi connectivity index (χ0v) is 8.92. The van der Waals surface area contributed by atoms with E-state index < -0.39 is 5.66 Å². The summed E-state index contributed by atoms with van der Waals surface area (Å²) in [4.78, 5) is 12.2. The van der Waals surface area contributed by atoms with Gasteiger partial charge < -0.3 is 0 Å². The highest BCUT2D eigenvalue weighted by Gasteiger charge is 2.34. The highest BCUT2D eigenvalue weighted by Crippen LogP contribution is 2.12. The smallest absolute Gasteiger partial charge is 0.197 e. The Morgan fingerprint density at radius 3 is 2.40 bits per heavy atom. The number of rotatable bonds is 2. The maximum Gasteiger partial charge on any atom is 0.197 e. The quantitative estimate of drug-likeness (QED) is 0.710. The fourth-order valence-corrected chi connectivity index (χ4v) is 1.87. The first-order chi connectivity index (χ1) is 7.22. The van der Waals surface area contributed by atoms with E-state index in [0.29, 0.717) is 0 Å². The molecule has 1 aliphatic rings. The summed E-state index contributed by atoms with van der Waals surface area (Å²) in [6.07, 6.45) is 1.07. The fourth-order valence-electron chi connectivity index (χ4n) is 1.87. The largest absolute Gasteiger partial charge is 0.293 e. The van der Waals surface area contributed by atoms with E-state index in [4.69, 9.17) is 0 Å². The first-order valence-corrected chi connectivity index (χ1v) is 5.32. The molecule has 15 heavy (non-hydrogen) atoms. The third kappa shape index (κ3) is 2.08. The van der Waals surface area contributed by atoms with E-state index in [9.17, 15) is 4.79 Å². The lowest BCUT2D eigenvalue weighted by Gasteiger charge is -2.34. The minimum Gasteiger partial charge on any atom is -0.293 e. The molecule has 1 aromatic rings. The van der Waals surface area contributed by atoms with Gasteiger partial charge in [0.15, 0.2) is 5.78 Å². The minimum atomic E-state index is -0.598. The molecule has 0 bridgehead atoms. The molecule has 0 unspecified atom stereocenters. The number of ketones is 1. The number of hydrogen-bond donors (Lipinski definition) is 2. The van der Waals surface area contributed by atoms with Gasteiger partial charge in [-0.2, -0.15) is 0 Å². The molecule has 0 saturated carbocycles. The molecule has 1 fully saturated rings. The summed E-state index contributed by atoms with van der Waals surface area (Å²) in [5.74, 6) is 0.114. The number of Topliss-reactive ketones (excluding diaryl/α,β-unsaturated/α-hetero) is 1. The SMILES string of the molecule is CC1(C(=O)c2ccccc2)NCCCN1. The average molecular weight is 204 g/mol. The third-order valence-corrected chi connectivity index (χ3v) is 2.80. The van der Waals surface area contributed by atoms with Gasteiger partial charge in [-0.1, -0.05) is 30.3 Å². The maximum absolute atomic E-state index is 12.2. The van der Waals surface area contributed by atoms with Crippen LogP contribution in [0.2, 0.25) is 0 Å². The highest BCUT2D eigenvalue weighted by atomic mass is 16.1. The van der Waals surface area contributed by atoms with E-state index in [-0.39, 0.29) is 5.78 Å². The van der Waals surface area contributed by atoms with Crippen molar-refractivity contribution in [1.82, 2.24) is 10.6 Å². The van der Waals surface area contributed by atoms with Crippen LogP contribution in [-0.4, -0.2) is 24.5 Å². The number of hydrogen-bond acceptors (Lipinski definition) is 3. The predicted octanol–water partition coefficient (Wildman–Crippen LogP) is 1.17. The summed E-state index contributed by atoms with van der Waals surface area (Å²) in [5.41, 5.74) is 0.154. The van der Waals surface area contributed by atoms with Crippen LogP contribution in [0.25, 0.3) is 0 Å². The summed E-state index contributed by atoms with van der Waals surface area (Å²) in [6, 6.07) is 9.40. The Morgan fingerprint density at radius 2 is 1.80 bits per heavy atom. The van der Waals surface area contributed by atoms with Crippen LogP contribution in [0.4, 0.5) is 0 Å². The van der Waals surface area contributed by atoms with E-state index in [0.717, 1.165) is 25.1 Å². The second kappa shape index (κ2) is 4.13. The highest BCUT2D eigenvalue weighted by molar-refractivity contribution is 6.02. The Kier molecular flexibility index (Phi) is 2.84. The van der Waals surface area contributed by atoms with Gasteiger partial charge >= 0.3 is 0 Å². The molecule has 0 aromatic heterocycles. The van der Waals surface area contributed by atoms with Crippen LogP contribution >= 0.6 is 0 Å². The molecule has 0 radical (unpaired) electrons. The van der Waals surface area contributed by atoms with Gasteiger partial charge in [0.1, 0.15) is 5.66 Å². The van der Waals surface area contributed by atoms with Crippen LogP contribution < -0.4 is 10.6 Å². The van der Waals surface area contributed by atoms with Gasteiger partial charge in [0.2, 0.25) is 0 Å². The van der Waals surface area contributed by atoms with E-state index in [1.165, 1.54) is 0 Å². The van der Waals surface area contributed by atoms with Gasteiger partial charge in [-0.3, -0.25) is 15.4 Å². The van der Waals surface area contributed by atoms with Crippen molar-refractivity contribution in [3.05, 3.63) is 35.9 Å². The molecule has 0 spiro atoms. The lowest BCUT2D eigenvalue weighted by Crippen LogP contribution is -2.63. The summed E-state index contributed by atoms with van der Waals surface area (Å²) < 4.78 is 0. The van der Waals surface area contributed by atoms with Crippen molar-refractivity contribution < 1.29 is 4.79 Å². The van der Waals surface area contributed by atoms with Gasteiger partial charge in [0.05, 0.1) is 0 Å².